The van der Waals surface area contributed by atoms with Crippen molar-refractivity contribution in [2.24, 2.45) is 0 Å². The fourth-order valence-corrected chi connectivity index (χ4v) is 0.761. The molecule has 0 bridgehead atoms. The molecule has 2 atom stereocenters. The molecule has 1 aliphatic heterocycles. The second-order valence-electron chi connectivity index (χ2n) is 2.40. The first kappa shape index (κ1) is 6.01. The smallest absolute Gasteiger partial charge is 0.0390 e. The minimum absolute atomic E-state index is 0.556. The summed E-state index contributed by atoms with van der Waals surface area (Å²) in [5.74, 6) is 0. The van der Waals surface area contributed by atoms with E-state index in [1.807, 2.05) is 7.05 Å². The van der Waals surface area contributed by atoms with E-state index in [1.165, 1.54) is 0 Å². The van der Waals surface area contributed by atoms with Gasteiger partial charge >= 0.3 is 0 Å². The van der Waals surface area contributed by atoms with Crippen LogP contribution in [-0.2, 0) is 0 Å². The molecule has 0 amide bonds. The Hall–Kier alpha value is -0.120. The van der Waals surface area contributed by atoms with Gasteiger partial charge in [-0.15, -0.1) is 0 Å². The van der Waals surface area contributed by atoms with E-state index in [4.69, 9.17) is 0 Å². The van der Waals surface area contributed by atoms with Crippen molar-refractivity contribution in [3.63, 3.8) is 0 Å². The average Bonchev–Trinajstić information content (AvgIpc) is 1.98. The number of hydrogen-bond donors (Lipinski definition) is 2. The predicted octanol–water partition coefficient (Wildman–Crippen LogP) is -0.282. The molecule has 0 aromatic carbocycles. The third kappa shape index (κ3) is 0.844. The molecule has 48 valence electrons. The van der Waals surface area contributed by atoms with E-state index in [2.05, 4.69) is 29.8 Å². The van der Waals surface area contributed by atoms with Crippen molar-refractivity contribution in [2.45, 2.75) is 25.9 Å². The summed E-state index contributed by atoms with van der Waals surface area (Å²) in [5, 5.41) is 2.06. The molecule has 3 nitrogen and oxygen atoms in total. The van der Waals surface area contributed by atoms with Crippen LogP contribution in [0.5, 0.6) is 0 Å². The van der Waals surface area contributed by atoms with Crippen LogP contribution in [0.4, 0.5) is 0 Å². The van der Waals surface area contributed by atoms with Crippen molar-refractivity contribution in [1.82, 2.24) is 16.0 Å². The van der Waals surface area contributed by atoms with Crippen LogP contribution in [-0.4, -0.2) is 24.1 Å². The summed E-state index contributed by atoms with van der Waals surface area (Å²) in [6.07, 6.45) is 0. The Morgan fingerprint density at radius 3 is 2.12 bits per heavy atom. The largest absolute Gasteiger partial charge is 0.240 e. The van der Waals surface area contributed by atoms with E-state index in [0.29, 0.717) is 12.1 Å². The predicted molar refractivity (Wildman–Crippen MR) is 33.0 cm³/mol. The number of hydrazine groups is 2. The molecule has 0 aliphatic carbocycles. The maximum atomic E-state index is 3.09. The van der Waals surface area contributed by atoms with E-state index < -0.39 is 0 Å². The van der Waals surface area contributed by atoms with Crippen LogP contribution in [0.3, 0.4) is 0 Å². The molecule has 1 fully saturated rings. The lowest BCUT2D eigenvalue weighted by atomic mass is 10.2. The highest BCUT2D eigenvalue weighted by Crippen LogP contribution is 2.01. The first-order valence-corrected chi connectivity index (χ1v) is 2.96. The summed E-state index contributed by atoms with van der Waals surface area (Å²) in [6.45, 7) is 4.33. The second kappa shape index (κ2) is 2.01. The average molecular weight is 115 g/mol. The van der Waals surface area contributed by atoms with E-state index >= 15 is 0 Å². The van der Waals surface area contributed by atoms with E-state index in [9.17, 15) is 0 Å². The standard InChI is InChI=1S/C5H13N3/c1-4-5(2)8(3)7-6-4/h4-7H,1-3H3. The Kier molecular flexibility index (Phi) is 1.51. The lowest BCUT2D eigenvalue weighted by molar-refractivity contribution is 0.236. The Balaban J connectivity index is 2.44. The second-order valence-corrected chi connectivity index (χ2v) is 2.40. The molecule has 0 saturated carbocycles. The van der Waals surface area contributed by atoms with Crippen LogP contribution in [0.2, 0.25) is 0 Å². The molecule has 1 rings (SSSR count). The summed E-state index contributed by atoms with van der Waals surface area (Å²) in [6, 6.07) is 1.15. The zero-order valence-corrected chi connectivity index (χ0v) is 5.60. The normalized spacial score (nSPS) is 40.9. The van der Waals surface area contributed by atoms with Crippen molar-refractivity contribution in [1.29, 1.82) is 0 Å². The Labute approximate surface area is 50.0 Å². The van der Waals surface area contributed by atoms with Gasteiger partial charge in [0.1, 0.15) is 0 Å². The van der Waals surface area contributed by atoms with Gasteiger partial charge in [0, 0.05) is 19.1 Å². The Morgan fingerprint density at radius 1 is 1.38 bits per heavy atom. The number of rotatable bonds is 0. The quantitative estimate of drug-likeness (QED) is 0.454. The van der Waals surface area contributed by atoms with Crippen LogP contribution in [0.1, 0.15) is 13.8 Å². The zero-order valence-electron chi connectivity index (χ0n) is 5.60. The third-order valence-corrected chi connectivity index (χ3v) is 1.80. The van der Waals surface area contributed by atoms with Crippen LogP contribution < -0.4 is 11.0 Å². The Bertz CT molecular complexity index is 73.7. The first-order valence-electron chi connectivity index (χ1n) is 2.96. The van der Waals surface area contributed by atoms with Gasteiger partial charge in [-0.25, -0.2) is 10.4 Å². The molecule has 2 unspecified atom stereocenters. The van der Waals surface area contributed by atoms with Gasteiger partial charge in [-0.2, -0.15) is 5.53 Å². The molecule has 0 spiro atoms. The maximum absolute atomic E-state index is 3.09. The zero-order chi connectivity index (χ0) is 6.15. The molecule has 8 heavy (non-hydrogen) atoms. The lowest BCUT2D eigenvalue weighted by Crippen LogP contribution is -2.34. The highest BCUT2D eigenvalue weighted by atomic mass is 15.7. The third-order valence-electron chi connectivity index (χ3n) is 1.80. The van der Waals surface area contributed by atoms with Crippen molar-refractivity contribution in [3.05, 3.63) is 0 Å². The number of hydrogen-bond acceptors (Lipinski definition) is 3. The minimum atomic E-state index is 0.556. The van der Waals surface area contributed by atoms with Crippen molar-refractivity contribution < 1.29 is 0 Å². The molecule has 1 aliphatic rings. The minimum Gasteiger partial charge on any atom is -0.240 e. The van der Waals surface area contributed by atoms with Crippen LogP contribution in [0.25, 0.3) is 0 Å². The van der Waals surface area contributed by atoms with Crippen molar-refractivity contribution in [3.8, 4) is 0 Å². The maximum Gasteiger partial charge on any atom is 0.0390 e. The fourth-order valence-electron chi connectivity index (χ4n) is 0.761. The van der Waals surface area contributed by atoms with E-state index in [0.717, 1.165) is 0 Å². The van der Waals surface area contributed by atoms with Crippen LogP contribution in [0.15, 0.2) is 0 Å². The molecule has 3 heteroatoms. The summed E-state index contributed by atoms with van der Waals surface area (Å²) in [4.78, 5) is 0. The van der Waals surface area contributed by atoms with Gasteiger partial charge in [0.25, 0.3) is 0 Å². The SMILES string of the molecule is CC1NNN(C)C1C. The number of nitrogens with one attached hydrogen (secondary N) is 2. The molecule has 1 saturated heterocycles. The Morgan fingerprint density at radius 2 is 2.00 bits per heavy atom. The van der Waals surface area contributed by atoms with Gasteiger partial charge in [-0.1, -0.05) is 0 Å². The van der Waals surface area contributed by atoms with Gasteiger partial charge in [-0.3, -0.25) is 0 Å². The summed E-state index contributed by atoms with van der Waals surface area (Å²) in [7, 11) is 2.03. The monoisotopic (exact) mass is 115 g/mol. The van der Waals surface area contributed by atoms with Crippen LogP contribution in [0, 0.1) is 0 Å². The highest BCUT2D eigenvalue weighted by Gasteiger charge is 2.22. The summed E-state index contributed by atoms with van der Waals surface area (Å²) in [5.41, 5.74) is 6.10. The molecule has 0 radical (unpaired) electrons. The van der Waals surface area contributed by atoms with E-state index in [-0.39, 0.29) is 0 Å². The van der Waals surface area contributed by atoms with Gasteiger partial charge in [0.2, 0.25) is 0 Å². The number of nitrogens with zero attached hydrogens (tertiary/aromatic N) is 1. The molecule has 0 aromatic rings. The molecule has 0 aromatic heterocycles. The van der Waals surface area contributed by atoms with Crippen molar-refractivity contribution in [2.75, 3.05) is 7.05 Å². The fraction of sp³-hybridized carbons (Fsp3) is 1.00. The topological polar surface area (TPSA) is 27.3 Å². The molecular formula is C5H13N3. The van der Waals surface area contributed by atoms with Gasteiger partial charge in [0.15, 0.2) is 0 Å². The van der Waals surface area contributed by atoms with Gasteiger partial charge in [-0.05, 0) is 13.8 Å². The number of likely N-dealkylation sites (N-methyl/N-ethyl adjacent to an activating group) is 1. The molecular weight excluding hydrogens is 102 g/mol. The lowest BCUT2D eigenvalue weighted by Gasteiger charge is -2.13. The summed E-state index contributed by atoms with van der Waals surface area (Å²) >= 11 is 0. The summed E-state index contributed by atoms with van der Waals surface area (Å²) < 4.78 is 0. The first-order chi connectivity index (χ1) is 3.72. The molecule has 2 N–H and O–H groups in total. The van der Waals surface area contributed by atoms with Crippen molar-refractivity contribution >= 4 is 0 Å². The molecule has 1 heterocycles. The van der Waals surface area contributed by atoms with Gasteiger partial charge < -0.3 is 0 Å². The van der Waals surface area contributed by atoms with E-state index in [1.54, 1.807) is 0 Å². The van der Waals surface area contributed by atoms with Crippen LogP contribution >= 0.6 is 0 Å². The van der Waals surface area contributed by atoms with Gasteiger partial charge in [0.05, 0.1) is 0 Å². The highest BCUT2D eigenvalue weighted by molar-refractivity contribution is 4.76.